The van der Waals surface area contributed by atoms with Crippen molar-refractivity contribution in [2.75, 3.05) is 20.6 Å². The lowest BCUT2D eigenvalue weighted by atomic mass is 9.75. The summed E-state index contributed by atoms with van der Waals surface area (Å²) in [4.78, 5) is 13.6. The lowest BCUT2D eigenvalue weighted by Gasteiger charge is -2.46. The first-order valence-electron chi connectivity index (χ1n) is 8.05. The maximum atomic E-state index is 11.3. The minimum atomic E-state index is -0.712. The summed E-state index contributed by atoms with van der Waals surface area (Å²) in [6, 6.07) is -0.399. The van der Waals surface area contributed by atoms with Gasteiger partial charge in [-0.1, -0.05) is 39.5 Å². The van der Waals surface area contributed by atoms with E-state index in [0.717, 1.165) is 44.6 Å². The Morgan fingerprint density at radius 1 is 1.50 bits per heavy atom. The van der Waals surface area contributed by atoms with Crippen molar-refractivity contribution in [3.8, 4) is 0 Å². The molecule has 0 saturated heterocycles. The molecule has 3 atom stereocenters. The van der Waals surface area contributed by atoms with Crippen LogP contribution in [0.2, 0.25) is 0 Å². The van der Waals surface area contributed by atoms with E-state index in [9.17, 15) is 9.90 Å². The number of carboxylic acids is 1. The summed E-state index contributed by atoms with van der Waals surface area (Å²) in [5, 5.41) is 12.7. The van der Waals surface area contributed by atoms with Gasteiger partial charge < -0.3 is 15.3 Å². The SMILES string of the molecule is CCCCC(NCC1(N(C)C)CCCC(C)C1)C(=O)O. The zero-order chi connectivity index (χ0) is 15.2. The summed E-state index contributed by atoms with van der Waals surface area (Å²) in [7, 11) is 4.25. The molecule has 0 aromatic rings. The third-order valence-electron chi connectivity index (χ3n) is 4.84. The Balaban J connectivity index is 2.63. The molecule has 1 rings (SSSR count). The van der Waals surface area contributed by atoms with Crippen molar-refractivity contribution in [3.05, 3.63) is 0 Å². The number of nitrogens with zero attached hydrogens (tertiary/aromatic N) is 1. The highest BCUT2D eigenvalue weighted by Crippen LogP contribution is 2.35. The average molecular weight is 284 g/mol. The van der Waals surface area contributed by atoms with Crippen molar-refractivity contribution in [3.63, 3.8) is 0 Å². The summed E-state index contributed by atoms with van der Waals surface area (Å²) in [6.07, 6.45) is 7.60. The largest absolute Gasteiger partial charge is 0.480 e. The minimum absolute atomic E-state index is 0.123. The highest BCUT2D eigenvalue weighted by molar-refractivity contribution is 5.73. The van der Waals surface area contributed by atoms with E-state index in [1.54, 1.807) is 0 Å². The molecule has 0 radical (unpaired) electrons. The topological polar surface area (TPSA) is 52.6 Å². The van der Waals surface area contributed by atoms with E-state index >= 15 is 0 Å². The Bertz CT molecular complexity index is 307. The zero-order valence-corrected chi connectivity index (χ0v) is 13.6. The number of rotatable bonds is 8. The number of nitrogens with one attached hydrogen (secondary N) is 1. The minimum Gasteiger partial charge on any atom is -0.480 e. The maximum absolute atomic E-state index is 11.3. The summed E-state index contributed by atoms with van der Waals surface area (Å²) >= 11 is 0. The highest BCUT2D eigenvalue weighted by atomic mass is 16.4. The molecule has 0 aliphatic heterocycles. The number of carboxylic acid groups (broad SMARTS) is 1. The summed E-state index contributed by atoms with van der Waals surface area (Å²) in [5.41, 5.74) is 0.123. The summed E-state index contributed by atoms with van der Waals surface area (Å²) in [5.74, 6) is 0.0167. The van der Waals surface area contributed by atoms with Gasteiger partial charge in [-0.15, -0.1) is 0 Å². The molecule has 0 spiro atoms. The van der Waals surface area contributed by atoms with Crippen LogP contribution in [0.5, 0.6) is 0 Å². The number of likely N-dealkylation sites (N-methyl/N-ethyl adjacent to an activating group) is 1. The van der Waals surface area contributed by atoms with Crippen LogP contribution in [0.3, 0.4) is 0 Å². The van der Waals surface area contributed by atoms with Gasteiger partial charge in [0, 0.05) is 12.1 Å². The van der Waals surface area contributed by atoms with Gasteiger partial charge in [0.1, 0.15) is 6.04 Å². The molecule has 20 heavy (non-hydrogen) atoms. The second-order valence-corrected chi connectivity index (χ2v) is 6.73. The second kappa shape index (κ2) is 7.99. The number of aliphatic carboxylic acids is 1. The third-order valence-corrected chi connectivity index (χ3v) is 4.84. The molecular weight excluding hydrogens is 252 g/mol. The lowest BCUT2D eigenvalue weighted by molar-refractivity contribution is -0.139. The Morgan fingerprint density at radius 3 is 2.70 bits per heavy atom. The van der Waals surface area contributed by atoms with E-state index in [2.05, 4.69) is 38.2 Å². The summed E-state index contributed by atoms with van der Waals surface area (Å²) < 4.78 is 0. The molecule has 0 heterocycles. The Labute approximate surface area is 123 Å². The molecule has 1 aliphatic carbocycles. The van der Waals surface area contributed by atoms with E-state index in [1.165, 1.54) is 12.8 Å². The van der Waals surface area contributed by atoms with Crippen LogP contribution >= 0.6 is 0 Å². The molecule has 3 unspecified atom stereocenters. The van der Waals surface area contributed by atoms with Crippen molar-refractivity contribution >= 4 is 5.97 Å². The van der Waals surface area contributed by atoms with Gasteiger partial charge in [-0.2, -0.15) is 0 Å². The normalized spacial score (nSPS) is 28.6. The third kappa shape index (κ3) is 4.74. The fourth-order valence-corrected chi connectivity index (χ4v) is 3.39. The molecule has 0 bridgehead atoms. The Morgan fingerprint density at radius 2 is 2.20 bits per heavy atom. The first-order chi connectivity index (χ1) is 9.41. The van der Waals surface area contributed by atoms with Crippen molar-refractivity contribution in [1.29, 1.82) is 0 Å². The molecule has 0 amide bonds. The molecule has 1 fully saturated rings. The molecule has 4 heteroatoms. The van der Waals surface area contributed by atoms with Crippen molar-refractivity contribution in [2.24, 2.45) is 5.92 Å². The number of carbonyl (C=O) groups is 1. The fourth-order valence-electron chi connectivity index (χ4n) is 3.39. The van der Waals surface area contributed by atoms with E-state index in [1.807, 2.05) is 0 Å². The van der Waals surface area contributed by atoms with Crippen molar-refractivity contribution in [2.45, 2.75) is 70.4 Å². The lowest BCUT2D eigenvalue weighted by Crippen LogP contribution is -2.56. The van der Waals surface area contributed by atoms with E-state index in [0.29, 0.717) is 0 Å². The van der Waals surface area contributed by atoms with Crippen LogP contribution in [0.15, 0.2) is 0 Å². The first-order valence-corrected chi connectivity index (χ1v) is 8.05. The van der Waals surface area contributed by atoms with Gasteiger partial charge in [0.15, 0.2) is 0 Å². The van der Waals surface area contributed by atoms with Crippen molar-refractivity contribution in [1.82, 2.24) is 10.2 Å². The quantitative estimate of drug-likeness (QED) is 0.719. The Kier molecular flexibility index (Phi) is 6.96. The first kappa shape index (κ1) is 17.4. The molecule has 1 aliphatic rings. The monoisotopic (exact) mass is 284 g/mol. The predicted octanol–water partition coefficient (Wildman–Crippen LogP) is 2.73. The van der Waals surface area contributed by atoms with Crippen LogP contribution in [0, 0.1) is 5.92 Å². The van der Waals surface area contributed by atoms with Gasteiger partial charge in [0.25, 0.3) is 0 Å². The molecule has 1 saturated carbocycles. The van der Waals surface area contributed by atoms with Gasteiger partial charge in [0.2, 0.25) is 0 Å². The zero-order valence-electron chi connectivity index (χ0n) is 13.6. The van der Waals surface area contributed by atoms with Gasteiger partial charge >= 0.3 is 5.97 Å². The van der Waals surface area contributed by atoms with Gasteiger partial charge in [0.05, 0.1) is 0 Å². The standard InChI is InChI=1S/C16H32N2O2/c1-5-6-9-14(15(19)20)17-12-16(18(3)4)10-7-8-13(2)11-16/h13-14,17H,5-12H2,1-4H3,(H,19,20). The van der Waals surface area contributed by atoms with Crippen LogP contribution in [-0.4, -0.2) is 48.2 Å². The van der Waals surface area contributed by atoms with Crippen LogP contribution in [0.25, 0.3) is 0 Å². The van der Waals surface area contributed by atoms with E-state index in [4.69, 9.17) is 0 Å². The molecule has 0 aromatic heterocycles. The fraction of sp³-hybridized carbons (Fsp3) is 0.938. The smallest absolute Gasteiger partial charge is 0.320 e. The van der Waals surface area contributed by atoms with Gasteiger partial charge in [-0.05, 0) is 39.3 Å². The second-order valence-electron chi connectivity index (χ2n) is 6.73. The molecule has 2 N–H and O–H groups in total. The average Bonchev–Trinajstić information content (AvgIpc) is 2.38. The van der Waals surface area contributed by atoms with Crippen molar-refractivity contribution < 1.29 is 9.90 Å². The van der Waals surface area contributed by atoms with E-state index in [-0.39, 0.29) is 5.54 Å². The Hall–Kier alpha value is -0.610. The maximum Gasteiger partial charge on any atom is 0.320 e. The van der Waals surface area contributed by atoms with E-state index < -0.39 is 12.0 Å². The molecule has 4 nitrogen and oxygen atoms in total. The number of hydrogen-bond donors (Lipinski definition) is 2. The van der Waals surface area contributed by atoms with Crippen LogP contribution in [-0.2, 0) is 4.79 Å². The van der Waals surface area contributed by atoms with Gasteiger partial charge in [-0.25, -0.2) is 0 Å². The van der Waals surface area contributed by atoms with Crippen LogP contribution in [0.4, 0.5) is 0 Å². The van der Waals surface area contributed by atoms with Crippen LogP contribution in [0.1, 0.15) is 58.8 Å². The summed E-state index contributed by atoms with van der Waals surface area (Å²) in [6.45, 7) is 5.19. The predicted molar refractivity (Wildman–Crippen MR) is 83.0 cm³/mol. The number of hydrogen-bond acceptors (Lipinski definition) is 3. The molecule has 0 aromatic carbocycles. The highest BCUT2D eigenvalue weighted by Gasteiger charge is 2.37. The van der Waals surface area contributed by atoms with Crippen LogP contribution < -0.4 is 5.32 Å². The molecular formula is C16H32N2O2. The number of unbranched alkanes of at least 4 members (excludes halogenated alkanes) is 1. The van der Waals surface area contributed by atoms with Gasteiger partial charge in [-0.3, -0.25) is 4.79 Å². The molecule has 118 valence electrons.